The molecule has 190 valence electrons. The molecule has 0 aromatic heterocycles. The zero-order chi connectivity index (χ0) is 24.2. The Balaban J connectivity index is 4.59. The maximum atomic E-state index is 12.1. The zero-order valence-electron chi connectivity index (χ0n) is 19.4. The smallest absolute Gasteiger partial charge is 0.462 e. The van der Waals surface area contributed by atoms with E-state index in [1.54, 1.807) is 0 Å². The summed E-state index contributed by atoms with van der Waals surface area (Å²) in [6.45, 7) is 2.03. The van der Waals surface area contributed by atoms with Crippen LogP contribution in [0.4, 0.5) is 0 Å². The predicted octanol–water partition coefficient (Wildman–Crippen LogP) is 3.26. The summed E-state index contributed by atoms with van der Waals surface area (Å²) in [5.41, 5.74) is 0. The molecule has 3 atom stereocenters. The van der Waals surface area contributed by atoms with Crippen LogP contribution in [0, 0.1) is 0 Å². The van der Waals surface area contributed by atoms with Crippen LogP contribution in [0.25, 0.3) is 0 Å². The van der Waals surface area contributed by atoms with E-state index in [1.165, 1.54) is 0 Å². The number of aliphatic hydroxyl groups is 2. The number of unbranched alkanes of at least 4 members (excludes halogenated alkanes) is 7. The minimum Gasteiger partial charge on any atom is -0.462 e. The number of esters is 2. The molecule has 0 bridgehead atoms. The highest BCUT2D eigenvalue weighted by atomic mass is 31.2. The summed E-state index contributed by atoms with van der Waals surface area (Å²) in [6.07, 6.45) is 6.53. The summed E-state index contributed by atoms with van der Waals surface area (Å²) in [5.74, 6) is -0.967. The molecule has 0 fully saturated rings. The number of hydrogen-bond acceptors (Lipinski definition) is 9. The molecule has 0 radical (unpaired) electrons. The fourth-order valence-corrected chi connectivity index (χ4v) is 3.43. The van der Waals surface area contributed by atoms with Crippen LogP contribution in [0.5, 0.6) is 0 Å². The summed E-state index contributed by atoms with van der Waals surface area (Å²) < 4.78 is 31.7. The van der Waals surface area contributed by atoms with Crippen LogP contribution in [0.15, 0.2) is 0 Å². The van der Waals surface area contributed by atoms with Gasteiger partial charge in [-0.15, -0.1) is 0 Å². The van der Waals surface area contributed by atoms with Crippen LogP contribution in [-0.4, -0.2) is 65.7 Å². The summed E-state index contributed by atoms with van der Waals surface area (Å²) in [4.78, 5) is 33.6. The molecule has 0 rings (SSSR count). The summed E-state index contributed by atoms with van der Waals surface area (Å²) in [5, 5.41) is 17.9. The maximum Gasteiger partial charge on any atom is 0.472 e. The van der Waals surface area contributed by atoms with E-state index >= 15 is 0 Å². The monoisotopic (exact) mass is 484 g/mol. The van der Waals surface area contributed by atoms with Gasteiger partial charge in [0.05, 0.1) is 19.8 Å². The van der Waals surface area contributed by atoms with Crippen LogP contribution in [-0.2, 0) is 32.7 Å². The third-order valence-electron chi connectivity index (χ3n) is 4.51. The lowest BCUT2D eigenvalue weighted by Crippen LogP contribution is -2.29. The first kappa shape index (κ1) is 31.0. The Kier molecular flexibility index (Phi) is 18.8. The van der Waals surface area contributed by atoms with E-state index in [2.05, 4.69) is 11.4 Å². The van der Waals surface area contributed by atoms with Crippen LogP contribution < -0.4 is 0 Å². The lowest BCUT2D eigenvalue weighted by atomic mass is 10.1. The van der Waals surface area contributed by atoms with Crippen LogP contribution >= 0.6 is 7.82 Å². The van der Waals surface area contributed by atoms with Gasteiger partial charge in [0.2, 0.25) is 0 Å². The molecule has 0 aliphatic heterocycles. The first-order chi connectivity index (χ1) is 15.2. The SMILES string of the molecule is CCCCCCCCC(=O)OC(COC(=O)CCCCC)COP(=O)(O)OCC(O)CO. The number of rotatable bonds is 21. The van der Waals surface area contributed by atoms with Crippen molar-refractivity contribution in [2.75, 3.05) is 26.4 Å². The number of ether oxygens (including phenoxy) is 2. The van der Waals surface area contributed by atoms with E-state index in [9.17, 15) is 24.2 Å². The quantitative estimate of drug-likeness (QED) is 0.126. The molecule has 0 saturated heterocycles. The Morgan fingerprint density at radius 2 is 1.34 bits per heavy atom. The minimum absolute atomic E-state index is 0.184. The number of aliphatic hydroxyl groups excluding tert-OH is 2. The molecule has 0 amide bonds. The van der Waals surface area contributed by atoms with Gasteiger partial charge in [0.1, 0.15) is 12.7 Å². The fraction of sp³-hybridized carbons (Fsp3) is 0.905. The molecule has 3 N–H and O–H groups in total. The highest BCUT2D eigenvalue weighted by Gasteiger charge is 2.27. The van der Waals surface area contributed by atoms with Gasteiger partial charge >= 0.3 is 19.8 Å². The molecular weight excluding hydrogens is 443 g/mol. The van der Waals surface area contributed by atoms with E-state index in [-0.39, 0.29) is 19.4 Å². The van der Waals surface area contributed by atoms with Crippen LogP contribution in [0.2, 0.25) is 0 Å². The van der Waals surface area contributed by atoms with Crippen molar-refractivity contribution in [2.24, 2.45) is 0 Å². The van der Waals surface area contributed by atoms with E-state index in [4.69, 9.17) is 19.1 Å². The summed E-state index contributed by atoms with van der Waals surface area (Å²) in [6, 6.07) is 0. The van der Waals surface area contributed by atoms with Gasteiger partial charge < -0.3 is 24.6 Å². The maximum absolute atomic E-state index is 12.1. The number of phosphoric acid groups is 1. The van der Waals surface area contributed by atoms with E-state index in [0.717, 1.165) is 44.9 Å². The van der Waals surface area contributed by atoms with E-state index < -0.39 is 51.8 Å². The first-order valence-electron chi connectivity index (χ1n) is 11.5. The normalized spacial score (nSPS) is 15.0. The van der Waals surface area contributed by atoms with Crippen molar-refractivity contribution in [1.82, 2.24) is 0 Å². The third kappa shape index (κ3) is 18.5. The van der Waals surface area contributed by atoms with Crippen molar-refractivity contribution in [3.05, 3.63) is 0 Å². The Labute approximate surface area is 191 Å². The molecule has 0 aromatic carbocycles. The molecule has 3 unspecified atom stereocenters. The fourth-order valence-electron chi connectivity index (χ4n) is 2.64. The van der Waals surface area contributed by atoms with E-state index in [1.807, 2.05) is 6.92 Å². The molecule has 0 saturated carbocycles. The van der Waals surface area contributed by atoms with Gasteiger partial charge in [-0.25, -0.2) is 4.57 Å². The van der Waals surface area contributed by atoms with Gasteiger partial charge in [-0.2, -0.15) is 0 Å². The van der Waals surface area contributed by atoms with Gasteiger partial charge in [0.15, 0.2) is 6.10 Å². The van der Waals surface area contributed by atoms with E-state index in [0.29, 0.717) is 12.8 Å². The molecule has 0 aromatic rings. The Bertz CT molecular complexity index is 543. The van der Waals surface area contributed by atoms with Crippen molar-refractivity contribution in [2.45, 2.75) is 96.7 Å². The van der Waals surface area contributed by atoms with Crippen molar-refractivity contribution in [1.29, 1.82) is 0 Å². The molecule has 11 heteroatoms. The highest BCUT2D eigenvalue weighted by molar-refractivity contribution is 7.47. The van der Waals surface area contributed by atoms with Crippen molar-refractivity contribution in [3.63, 3.8) is 0 Å². The minimum atomic E-state index is -4.57. The molecule has 0 spiro atoms. The zero-order valence-corrected chi connectivity index (χ0v) is 20.3. The first-order valence-corrected chi connectivity index (χ1v) is 13.0. The van der Waals surface area contributed by atoms with Crippen molar-refractivity contribution in [3.8, 4) is 0 Å². The number of carbonyl (C=O) groups is 2. The van der Waals surface area contributed by atoms with Gasteiger partial charge in [-0.1, -0.05) is 58.8 Å². The number of carbonyl (C=O) groups excluding carboxylic acids is 2. The molecule has 0 heterocycles. The molecule has 0 aliphatic carbocycles. The van der Waals surface area contributed by atoms with Crippen molar-refractivity contribution >= 4 is 19.8 Å². The van der Waals surface area contributed by atoms with Gasteiger partial charge in [0.25, 0.3) is 0 Å². The standard InChI is InChI=1S/C21H41O10P/c1-3-5-7-8-9-11-13-21(25)31-19(16-28-20(24)12-10-6-4-2)17-30-32(26,27)29-15-18(23)14-22/h18-19,22-23H,3-17H2,1-2H3,(H,26,27). The largest absolute Gasteiger partial charge is 0.472 e. The summed E-state index contributed by atoms with van der Waals surface area (Å²) >= 11 is 0. The van der Waals surface area contributed by atoms with Gasteiger partial charge in [0, 0.05) is 12.8 Å². The number of phosphoric ester groups is 1. The van der Waals surface area contributed by atoms with Crippen LogP contribution in [0.3, 0.4) is 0 Å². The number of hydrogen-bond donors (Lipinski definition) is 3. The summed E-state index contributed by atoms with van der Waals surface area (Å²) in [7, 11) is -4.57. The Hall–Kier alpha value is -1.03. The Morgan fingerprint density at radius 3 is 2.00 bits per heavy atom. The lowest BCUT2D eigenvalue weighted by molar-refractivity contribution is -0.161. The molecular formula is C21H41O10P. The second-order valence-electron chi connectivity index (χ2n) is 7.67. The highest BCUT2D eigenvalue weighted by Crippen LogP contribution is 2.43. The van der Waals surface area contributed by atoms with Gasteiger partial charge in [-0.05, 0) is 12.8 Å². The molecule has 32 heavy (non-hydrogen) atoms. The predicted molar refractivity (Wildman–Crippen MR) is 118 cm³/mol. The van der Waals surface area contributed by atoms with Gasteiger partial charge in [-0.3, -0.25) is 18.6 Å². The average molecular weight is 485 g/mol. The second kappa shape index (κ2) is 19.4. The Morgan fingerprint density at radius 1 is 0.812 bits per heavy atom. The van der Waals surface area contributed by atoms with Crippen LogP contribution in [0.1, 0.15) is 84.5 Å². The lowest BCUT2D eigenvalue weighted by Gasteiger charge is -2.20. The average Bonchev–Trinajstić information content (AvgIpc) is 2.76. The second-order valence-corrected chi connectivity index (χ2v) is 9.12. The molecule has 10 nitrogen and oxygen atoms in total. The molecule has 0 aliphatic rings. The third-order valence-corrected chi connectivity index (χ3v) is 5.46. The van der Waals surface area contributed by atoms with Crippen molar-refractivity contribution < 1.29 is 47.8 Å². The topological polar surface area (TPSA) is 149 Å².